The Morgan fingerprint density at radius 1 is 1.14 bits per heavy atom. The Labute approximate surface area is 164 Å². The third-order valence-electron chi connectivity index (χ3n) is 4.61. The first-order valence-corrected chi connectivity index (χ1v) is 8.89. The summed E-state index contributed by atoms with van der Waals surface area (Å²) in [5, 5.41) is 4.44. The van der Waals surface area contributed by atoms with Gasteiger partial charge in [0, 0.05) is 12.1 Å². The molecule has 0 radical (unpaired) electrons. The van der Waals surface area contributed by atoms with Gasteiger partial charge in [-0.25, -0.2) is 4.79 Å². The number of H-pyrrole nitrogens is 1. The molecule has 0 bridgehead atoms. The molecule has 0 fully saturated rings. The topological polar surface area (TPSA) is 112 Å². The first kappa shape index (κ1) is 18.5. The summed E-state index contributed by atoms with van der Waals surface area (Å²) >= 11 is 0. The molecule has 29 heavy (non-hydrogen) atoms. The lowest BCUT2D eigenvalue weighted by Crippen LogP contribution is -2.34. The van der Waals surface area contributed by atoms with Crippen LogP contribution in [0.2, 0.25) is 0 Å². The SMILES string of the molecule is CCn1c(=O)[nH]c2cc(-c3nc(-c4cccc(OC)c4OC)no3)ccc2c1=O. The lowest BCUT2D eigenvalue weighted by Gasteiger charge is -2.09. The molecular weight excluding hydrogens is 376 g/mol. The molecule has 0 spiro atoms. The van der Waals surface area contributed by atoms with Crippen LogP contribution in [0.1, 0.15) is 6.92 Å². The number of benzene rings is 2. The zero-order valence-corrected chi connectivity index (χ0v) is 16.1. The molecule has 0 saturated heterocycles. The zero-order chi connectivity index (χ0) is 20.5. The van der Waals surface area contributed by atoms with Gasteiger partial charge in [0.15, 0.2) is 11.5 Å². The van der Waals surface area contributed by atoms with Gasteiger partial charge >= 0.3 is 5.69 Å². The predicted octanol–water partition coefficient (Wildman–Crippen LogP) is 2.44. The van der Waals surface area contributed by atoms with Crippen LogP contribution in [0.15, 0.2) is 50.5 Å². The summed E-state index contributed by atoms with van der Waals surface area (Å²) in [6, 6.07) is 10.3. The molecule has 0 saturated carbocycles. The van der Waals surface area contributed by atoms with Gasteiger partial charge in [-0.2, -0.15) is 4.98 Å². The summed E-state index contributed by atoms with van der Waals surface area (Å²) in [5.41, 5.74) is 0.782. The van der Waals surface area contributed by atoms with Gasteiger partial charge in [0.2, 0.25) is 5.82 Å². The maximum atomic E-state index is 12.4. The normalized spacial score (nSPS) is 11.0. The molecule has 1 N–H and O–H groups in total. The van der Waals surface area contributed by atoms with Crippen molar-refractivity contribution in [2.75, 3.05) is 14.2 Å². The highest BCUT2D eigenvalue weighted by molar-refractivity contribution is 5.82. The van der Waals surface area contributed by atoms with Crippen LogP contribution in [0, 0.1) is 0 Å². The molecule has 2 aromatic carbocycles. The number of nitrogens with zero attached hydrogens (tertiary/aromatic N) is 3. The third kappa shape index (κ3) is 3.06. The average molecular weight is 394 g/mol. The smallest absolute Gasteiger partial charge is 0.328 e. The van der Waals surface area contributed by atoms with E-state index >= 15 is 0 Å². The summed E-state index contributed by atoms with van der Waals surface area (Å²) in [6.45, 7) is 2.03. The number of nitrogens with one attached hydrogen (secondary N) is 1. The first-order valence-electron chi connectivity index (χ1n) is 8.89. The Kier molecular flexibility index (Phi) is 4.63. The third-order valence-corrected chi connectivity index (χ3v) is 4.61. The molecule has 0 amide bonds. The van der Waals surface area contributed by atoms with Gasteiger partial charge in [0.05, 0.1) is 30.7 Å². The van der Waals surface area contributed by atoms with E-state index in [4.69, 9.17) is 14.0 Å². The van der Waals surface area contributed by atoms with E-state index in [2.05, 4.69) is 15.1 Å². The molecule has 0 unspecified atom stereocenters. The number of aromatic amines is 1. The van der Waals surface area contributed by atoms with E-state index < -0.39 is 5.69 Å². The van der Waals surface area contributed by atoms with E-state index in [1.54, 1.807) is 50.4 Å². The van der Waals surface area contributed by atoms with E-state index in [-0.39, 0.29) is 11.4 Å². The van der Waals surface area contributed by atoms with Gasteiger partial charge < -0.3 is 19.0 Å². The minimum Gasteiger partial charge on any atom is -0.493 e. The molecule has 4 rings (SSSR count). The van der Waals surface area contributed by atoms with Gasteiger partial charge in [-0.3, -0.25) is 9.36 Å². The highest BCUT2D eigenvalue weighted by Gasteiger charge is 2.18. The van der Waals surface area contributed by atoms with Crippen molar-refractivity contribution in [2.24, 2.45) is 0 Å². The number of hydrogen-bond acceptors (Lipinski definition) is 7. The minimum atomic E-state index is -0.463. The second-order valence-electron chi connectivity index (χ2n) is 6.20. The van der Waals surface area contributed by atoms with E-state index in [0.717, 1.165) is 4.57 Å². The van der Waals surface area contributed by atoms with Gasteiger partial charge in [-0.15, -0.1) is 0 Å². The van der Waals surface area contributed by atoms with Gasteiger partial charge in [0.1, 0.15) is 0 Å². The lowest BCUT2D eigenvalue weighted by molar-refractivity contribution is 0.355. The molecule has 0 aliphatic rings. The van der Waals surface area contributed by atoms with E-state index in [0.29, 0.717) is 45.9 Å². The number of ether oxygens (including phenoxy) is 2. The standard InChI is InChI=1S/C20H18N4O5/c1-4-24-19(25)12-9-8-11(10-14(12)21-20(24)26)18-22-17(23-29-18)13-6-5-7-15(27-2)16(13)28-3/h5-10H,4H2,1-3H3,(H,21,26). The minimum absolute atomic E-state index is 0.243. The zero-order valence-electron chi connectivity index (χ0n) is 16.1. The van der Waals surface area contributed by atoms with Gasteiger partial charge in [0.25, 0.3) is 11.4 Å². The largest absolute Gasteiger partial charge is 0.493 e. The van der Waals surface area contributed by atoms with Gasteiger partial charge in [-0.1, -0.05) is 11.2 Å². The Morgan fingerprint density at radius 3 is 2.69 bits per heavy atom. The molecule has 9 nitrogen and oxygen atoms in total. The van der Waals surface area contributed by atoms with Crippen molar-refractivity contribution in [3.8, 4) is 34.3 Å². The molecule has 0 atom stereocenters. The van der Waals surface area contributed by atoms with Crippen LogP contribution in [0.4, 0.5) is 0 Å². The van der Waals surface area contributed by atoms with Gasteiger partial charge in [-0.05, 0) is 37.3 Å². The number of fused-ring (bicyclic) bond motifs is 1. The van der Waals surface area contributed by atoms with E-state index in [9.17, 15) is 9.59 Å². The number of aromatic nitrogens is 4. The van der Waals surface area contributed by atoms with Crippen molar-refractivity contribution in [3.63, 3.8) is 0 Å². The Morgan fingerprint density at radius 2 is 1.97 bits per heavy atom. The molecule has 9 heteroatoms. The monoisotopic (exact) mass is 394 g/mol. The Balaban J connectivity index is 1.80. The summed E-state index contributed by atoms with van der Waals surface area (Å²) in [6.07, 6.45) is 0. The van der Waals surface area contributed by atoms with Crippen LogP contribution in [0.5, 0.6) is 11.5 Å². The Hall–Kier alpha value is -3.88. The van der Waals surface area contributed by atoms with Crippen molar-refractivity contribution in [1.29, 1.82) is 0 Å². The molecule has 4 aromatic rings. The first-order chi connectivity index (χ1) is 14.1. The Bertz CT molecular complexity index is 1320. The quantitative estimate of drug-likeness (QED) is 0.553. The molecule has 2 heterocycles. The van der Waals surface area contributed by atoms with E-state index in [1.807, 2.05) is 0 Å². The van der Waals surface area contributed by atoms with Crippen LogP contribution in [0.3, 0.4) is 0 Å². The predicted molar refractivity (Wildman–Crippen MR) is 106 cm³/mol. The highest BCUT2D eigenvalue weighted by Crippen LogP contribution is 2.37. The maximum absolute atomic E-state index is 12.4. The lowest BCUT2D eigenvalue weighted by atomic mass is 10.1. The number of methoxy groups -OCH3 is 2. The summed E-state index contributed by atoms with van der Waals surface area (Å²) in [7, 11) is 3.08. The molecular formula is C20H18N4O5. The van der Waals surface area contributed by atoms with Crippen molar-refractivity contribution in [3.05, 3.63) is 57.2 Å². The molecule has 2 aromatic heterocycles. The molecule has 148 valence electrons. The van der Waals surface area contributed by atoms with Crippen molar-refractivity contribution in [1.82, 2.24) is 19.7 Å². The molecule has 0 aliphatic carbocycles. The van der Waals surface area contributed by atoms with Crippen molar-refractivity contribution >= 4 is 10.9 Å². The number of hydrogen-bond donors (Lipinski definition) is 1. The van der Waals surface area contributed by atoms with E-state index in [1.165, 1.54) is 7.11 Å². The van der Waals surface area contributed by atoms with Crippen LogP contribution in [-0.2, 0) is 6.54 Å². The van der Waals surface area contributed by atoms with Crippen molar-refractivity contribution < 1.29 is 14.0 Å². The van der Waals surface area contributed by atoms with Crippen LogP contribution < -0.4 is 20.7 Å². The fourth-order valence-electron chi connectivity index (χ4n) is 3.19. The van der Waals surface area contributed by atoms with Crippen molar-refractivity contribution in [2.45, 2.75) is 13.5 Å². The number of para-hydroxylation sites is 1. The summed E-state index contributed by atoms with van der Waals surface area (Å²) < 4.78 is 17.3. The molecule has 0 aliphatic heterocycles. The van der Waals surface area contributed by atoms with Crippen LogP contribution in [-0.4, -0.2) is 33.9 Å². The average Bonchev–Trinajstić information content (AvgIpc) is 3.23. The van der Waals surface area contributed by atoms with Crippen LogP contribution in [0.25, 0.3) is 33.7 Å². The fourth-order valence-corrected chi connectivity index (χ4v) is 3.19. The maximum Gasteiger partial charge on any atom is 0.328 e. The summed E-state index contributed by atoms with van der Waals surface area (Å²) in [4.78, 5) is 31.6. The summed E-state index contributed by atoms with van der Waals surface area (Å²) in [5.74, 6) is 1.61. The van der Waals surface area contributed by atoms with Crippen LogP contribution >= 0.6 is 0 Å². The second-order valence-corrected chi connectivity index (χ2v) is 6.20. The number of rotatable bonds is 5. The highest BCUT2D eigenvalue weighted by atomic mass is 16.5. The second kappa shape index (κ2) is 7.27. The fraction of sp³-hybridized carbons (Fsp3) is 0.200.